The summed E-state index contributed by atoms with van der Waals surface area (Å²) in [6.45, 7) is 0.0888. The minimum atomic E-state index is 0.0888. The molecule has 0 saturated carbocycles. The van der Waals surface area contributed by atoms with Crippen molar-refractivity contribution in [3.05, 3.63) is 59.7 Å². The van der Waals surface area contributed by atoms with Crippen molar-refractivity contribution >= 4 is 11.6 Å². The number of alkyl halides is 1. The molecule has 0 heterocycles. The van der Waals surface area contributed by atoms with Crippen LogP contribution in [0.5, 0.6) is 0 Å². The highest BCUT2D eigenvalue weighted by atomic mass is 35.5. The van der Waals surface area contributed by atoms with Crippen molar-refractivity contribution in [2.75, 3.05) is 0 Å². The number of hydrogen-bond acceptors (Lipinski definition) is 1. The summed E-state index contributed by atoms with van der Waals surface area (Å²) in [5.41, 5.74) is 4.37. The first-order chi connectivity index (χ1) is 7.83. The Hall–Kier alpha value is -1.31. The van der Waals surface area contributed by atoms with Crippen LogP contribution in [0.2, 0.25) is 0 Å². The second-order valence-corrected chi connectivity index (χ2v) is 3.95. The second kappa shape index (κ2) is 5.15. The van der Waals surface area contributed by atoms with Crippen LogP contribution in [0.15, 0.2) is 48.5 Å². The zero-order valence-corrected chi connectivity index (χ0v) is 9.61. The van der Waals surface area contributed by atoms with Crippen LogP contribution in [-0.2, 0) is 12.5 Å². The van der Waals surface area contributed by atoms with E-state index in [1.54, 1.807) is 0 Å². The van der Waals surface area contributed by atoms with Gasteiger partial charge in [0.05, 0.1) is 6.61 Å². The molecule has 0 aliphatic rings. The molecule has 1 N–H and O–H groups in total. The van der Waals surface area contributed by atoms with Crippen LogP contribution in [0.3, 0.4) is 0 Å². The summed E-state index contributed by atoms with van der Waals surface area (Å²) in [7, 11) is 0. The molecule has 0 aliphatic heterocycles. The minimum absolute atomic E-state index is 0.0888. The maximum Gasteiger partial charge on any atom is 0.0681 e. The summed E-state index contributed by atoms with van der Waals surface area (Å²) in [6.07, 6.45) is 0. The Morgan fingerprint density at radius 1 is 0.750 bits per heavy atom. The van der Waals surface area contributed by atoms with E-state index in [0.717, 1.165) is 16.7 Å². The summed E-state index contributed by atoms with van der Waals surface area (Å²) < 4.78 is 0. The molecular weight excluding hydrogens is 220 g/mol. The lowest BCUT2D eigenvalue weighted by atomic mass is 10.0. The van der Waals surface area contributed by atoms with Gasteiger partial charge < -0.3 is 5.11 Å². The highest BCUT2D eigenvalue weighted by Gasteiger charge is 1.98. The van der Waals surface area contributed by atoms with Crippen molar-refractivity contribution < 1.29 is 5.11 Å². The third kappa shape index (κ3) is 2.43. The van der Waals surface area contributed by atoms with Crippen molar-refractivity contribution in [2.45, 2.75) is 12.5 Å². The van der Waals surface area contributed by atoms with Crippen molar-refractivity contribution in [1.82, 2.24) is 0 Å². The van der Waals surface area contributed by atoms with E-state index in [1.165, 1.54) is 5.56 Å². The molecule has 82 valence electrons. The van der Waals surface area contributed by atoms with Crippen LogP contribution in [-0.4, -0.2) is 5.11 Å². The first-order valence-electron chi connectivity index (χ1n) is 5.18. The molecule has 0 bridgehead atoms. The van der Waals surface area contributed by atoms with Gasteiger partial charge in [-0.2, -0.15) is 0 Å². The van der Waals surface area contributed by atoms with E-state index in [1.807, 2.05) is 36.4 Å². The van der Waals surface area contributed by atoms with Crippen molar-refractivity contribution in [3.8, 4) is 11.1 Å². The molecule has 2 aromatic rings. The Balaban J connectivity index is 2.28. The lowest BCUT2D eigenvalue weighted by Crippen LogP contribution is -1.84. The van der Waals surface area contributed by atoms with Crippen molar-refractivity contribution in [2.24, 2.45) is 0 Å². The molecule has 0 atom stereocenters. The SMILES string of the molecule is OCc1ccc(-c2ccc(CCl)cc2)cc1. The van der Waals surface area contributed by atoms with Crippen LogP contribution in [0.25, 0.3) is 11.1 Å². The molecule has 2 heteroatoms. The number of aliphatic hydroxyl groups excluding tert-OH is 1. The predicted molar refractivity (Wildman–Crippen MR) is 67.4 cm³/mol. The van der Waals surface area contributed by atoms with Gasteiger partial charge in [-0.25, -0.2) is 0 Å². The Morgan fingerprint density at radius 3 is 1.56 bits per heavy atom. The molecule has 0 aromatic heterocycles. The average Bonchev–Trinajstić information content (AvgIpc) is 2.39. The zero-order valence-electron chi connectivity index (χ0n) is 8.86. The van der Waals surface area contributed by atoms with E-state index in [0.29, 0.717) is 5.88 Å². The van der Waals surface area contributed by atoms with Gasteiger partial charge in [0.25, 0.3) is 0 Å². The van der Waals surface area contributed by atoms with Gasteiger partial charge in [0.2, 0.25) is 0 Å². The van der Waals surface area contributed by atoms with Crippen LogP contribution in [0.1, 0.15) is 11.1 Å². The maximum atomic E-state index is 8.95. The molecular formula is C14H13ClO. The minimum Gasteiger partial charge on any atom is -0.392 e. The fourth-order valence-electron chi connectivity index (χ4n) is 1.59. The maximum absolute atomic E-state index is 8.95. The molecule has 0 aliphatic carbocycles. The van der Waals surface area contributed by atoms with Gasteiger partial charge >= 0.3 is 0 Å². The van der Waals surface area contributed by atoms with Crippen LogP contribution < -0.4 is 0 Å². The molecule has 0 amide bonds. The van der Waals surface area contributed by atoms with Gasteiger partial charge in [0.15, 0.2) is 0 Å². The summed E-state index contributed by atoms with van der Waals surface area (Å²) in [6, 6.07) is 16.1. The van der Waals surface area contributed by atoms with E-state index >= 15 is 0 Å². The number of halogens is 1. The Bertz CT molecular complexity index is 400. The molecule has 2 rings (SSSR count). The van der Waals surface area contributed by atoms with E-state index in [-0.39, 0.29) is 6.61 Å². The molecule has 0 fully saturated rings. The fraction of sp³-hybridized carbons (Fsp3) is 0.143. The molecule has 0 spiro atoms. The van der Waals surface area contributed by atoms with Crippen LogP contribution >= 0.6 is 11.6 Å². The highest BCUT2D eigenvalue weighted by Crippen LogP contribution is 2.20. The fourth-order valence-corrected chi connectivity index (χ4v) is 1.77. The van der Waals surface area contributed by atoms with E-state index in [9.17, 15) is 0 Å². The summed E-state index contributed by atoms with van der Waals surface area (Å²) in [5.74, 6) is 0.545. The Labute approximate surface area is 100 Å². The lowest BCUT2D eigenvalue weighted by molar-refractivity contribution is 0.282. The van der Waals surface area contributed by atoms with Gasteiger partial charge in [-0.05, 0) is 22.3 Å². The van der Waals surface area contributed by atoms with Crippen LogP contribution in [0, 0.1) is 0 Å². The van der Waals surface area contributed by atoms with E-state index in [4.69, 9.17) is 16.7 Å². The number of benzene rings is 2. The smallest absolute Gasteiger partial charge is 0.0681 e. The normalized spacial score (nSPS) is 10.4. The van der Waals surface area contributed by atoms with Gasteiger partial charge in [0, 0.05) is 5.88 Å². The second-order valence-electron chi connectivity index (χ2n) is 3.69. The van der Waals surface area contributed by atoms with Gasteiger partial charge in [-0.15, -0.1) is 11.6 Å². The number of rotatable bonds is 3. The molecule has 0 unspecified atom stereocenters. The Morgan fingerprint density at radius 2 is 1.19 bits per heavy atom. The van der Waals surface area contributed by atoms with E-state index in [2.05, 4.69) is 12.1 Å². The first kappa shape index (κ1) is 11.2. The molecule has 2 aromatic carbocycles. The highest BCUT2D eigenvalue weighted by molar-refractivity contribution is 6.17. The summed E-state index contributed by atoms with van der Waals surface area (Å²) >= 11 is 5.74. The molecule has 0 radical (unpaired) electrons. The van der Waals surface area contributed by atoms with Gasteiger partial charge in [-0.3, -0.25) is 0 Å². The summed E-state index contributed by atoms with van der Waals surface area (Å²) in [4.78, 5) is 0. The number of aliphatic hydroxyl groups is 1. The van der Waals surface area contributed by atoms with E-state index < -0.39 is 0 Å². The predicted octanol–water partition coefficient (Wildman–Crippen LogP) is 3.58. The number of hydrogen-bond donors (Lipinski definition) is 1. The molecule has 0 saturated heterocycles. The van der Waals surface area contributed by atoms with Gasteiger partial charge in [0.1, 0.15) is 0 Å². The zero-order chi connectivity index (χ0) is 11.4. The molecule has 16 heavy (non-hydrogen) atoms. The Kier molecular flexibility index (Phi) is 3.60. The van der Waals surface area contributed by atoms with Crippen molar-refractivity contribution in [1.29, 1.82) is 0 Å². The quantitative estimate of drug-likeness (QED) is 0.802. The third-order valence-electron chi connectivity index (χ3n) is 2.58. The molecule has 1 nitrogen and oxygen atoms in total. The third-order valence-corrected chi connectivity index (χ3v) is 2.89. The summed E-state index contributed by atoms with van der Waals surface area (Å²) in [5, 5.41) is 8.95. The van der Waals surface area contributed by atoms with Crippen molar-refractivity contribution in [3.63, 3.8) is 0 Å². The monoisotopic (exact) mass is 232 g/mol. The lowest BCUT2D eigenvalue weighted by Gasteiger charge is -2.03. The largest absolute Gasteiger partial charge is 0.392 e. The van der Waals surface area contributed by atoms with Gasteiger partial charge in [-0.1, -0.05) is 48.5 Å². The van der Waals surface area contributed by atoms with Crippen LogP contribution in [0.4, 0.5) is 0 Å². The average molecular weight is 233 g/mol. The topological polar surface area (TPSA) is 20.2 Å². The first-order valence-corrected chi connectivity index (χ1v) is 5.72. The standard InChI is InChI=1S/C14H13ClO/c15-9-11-1-5-13(6-2-11)14-7-3-12(10-16)4-8-14/h1-8,16H,9-10H2.